The number of hydrogen-bond donors (Lipinski definition) is 2. The lowest BCUT2D eigenvalue weighted by Crippen LogP contribution is -2.15. The second kappa shape index (κ2) is 5.16. The van der Waals surface area contributed by atoms with Crippen LogP contribution < -0.4 is 5.56 Å². The Morgan fingerprint density at radius 3 is 3.25 bits per heavy atom. The molecule has 0 aliphatic carbocycles. The molecule has 3 heterocycles. The molecule has 1 aliphatic rings. The van der Waals surface area contributed by atoms with E-state index in [-0.39, 0.29) is 34.3 Å². The van der Waals surface area contributed by atoms with E-state index in [0.29, 0.717) is 12.1 Å². The van der Waals surface area contributed by atoms with Crippen molar-refractivity contribution in [1.82, 2.24) is 19.5 Å². The van der Waals surface area contributed by atoms with E-state index < -0.39 is 0 Å². The van der Waals surface area contributed by atoms with Crippen molar-refractivity contribution >= 4 is 22.9 Å². The smallest absolute Gasteiger partial charge is 0.278 e. The van der Waals surface area contributed by atoms with Gasteiger partial charge in [-0.2, -0.15) is 0 Å². The average Bonchev–Trinajstić information content (AvgIpc) is 3.03. The van der Waals surface area contributed by atoms with Gasteiger partial charge in [-0.3, -0.25) is 4.79 Å². The first-order chi connectivity index (χ1) is 9.74. The van der Waals surface area contributed by atoms with Gasteiger partial charge in [-0.15, -0.1) is 11.8 Å². The molecule has 9 nitrogen and oxygen atoms in total. The summed E-state index contributed by atoms with van der Waals surface area (Å²) in [5.41, 5.74) is 9.04. The largest absolute Gasteiger partial charge is 0.395 e. The molecule has 3 atom stereocenters. The lowest BCUT2D eigenvalue weighted by molar-refractivity contribution is 0.289. The molecule has 0 unspecified atom stereocenters. The Balaban J connectivity index is 2.07. The molecule has 0 aromatic carbocycles. The number of nitrogens with zero attached hydrogens (tertiary/aromatic N) is 6. The van der Waals surface area contributed by atoms with E-state index in [2.05, 4.69) is 25.0 Å². The monoisotopic (exact) mass is 293 g/mol. The van der Waals surface area contributed by atoms with Crippen molar-refractivity contribution in [2.24, 2.45) is 5.11 Å². The summed E-state index contributed by atoms with van der Waals surface area (Å²) in [4.78, 5) is 25.1. The quantitative estimate of drug-likeness (QED) is 0.490. The van der Waals surface area contributed by atoms with Crippen LogP contribution in [0.3, 0.4) is 0 Å². The maximum Gasteiger partial charge on any atom is 0.278 e. The highest BCUT2D eigenvalue weighted by atomic mass is 32.2. The average molecular weight is 293 g/mol. The summed E-state index contributed by atoms with van der Waals surface area (Å²) in [6.07, 6.45) is 3.41. The predicted molar refractivity (Wildman–Crippen MR) is 73.2 cm³/mol. The standard InChI is InChI=1S/C10H11N7O2S/c11-16-15-6-1-5(2-18)20-10(6)17-4-14-7-8(17)12-3-13-9(7)19/h3-6,10,18H,1-2H2,(H,12,13,19)/t5-,6+,10+/m0/s1. The highest BCUT2D eigenvalue weighted by molar-refractivity contribution is 8.00. The summed E-state index contributed by atoms with van der Waals surface area (Å²) in [5, 5.41) is 12.8. The second-order valence-corrected chi connectivity index (χ2v) is 5.82. The number of fused-ring (bicyclic) bond motifs is 1. The van der Waals surface area contributed by atoms with Crippen molar-refractivity contribution in [3.63, 3.8) is 0 Å². The molecular weight excluding hydrogens is 282 g/mol. The van der Waals surface area contributed by atoms with Gasteiger partial charge < -0.3 is 14.7 Å². The van der Waals surface area contributed by atoms with Crippen LogP contribution in [0.2, 0.25) is 0 Å². The van der Waals surface area contributed by atoms with Crippen LogP contribution in [0.15, 0.2) is 22.6 Å². The van der Waals surface area contributed by atoms with Gasteiger partial charge in [0.1, 0.15) is 0 Å². The third-order valence-corrected chi connectivity index (χ3v) is 4.75. The Morgan fingerprint density at radius 1 is 1.65 bits per heavy atom. The Hall–Kier alpha value is -2.03. The lowest BCUT2D eigenvalue weighted by atomic mass is 10.2. The second-order valence-electron chi connectivity index (χ2n) is 4.39. The topological polar surface area (TPSA) is 133 Å². The summed E-state index contributed by atoms with van der Waals surface area (Å²) in [6.45, 7) is 0.0132. The number of aromatic nitrogens is 4. The van der Waals surface area contributed by atoms with Crippen LogP contribution in [0.5, 0.6) is 0 Å². The minimum atomic E-state index is -0.309. The fraction of sp³-hybridized carbons (Fsp3) is 0.500. The van der Waals surface area contributed by atoms with E-state index in [1.807, 2.05) is 0 Å². The minimum absolute atomic E-state index is 0.00468. The van der Waals surface area contributed by atoms with E-state index in [1.165, 1.54) is 24.4 Å². The number of aromatic amines is 1. The zero-order chi connectivity index (χ0) is 14.1. The molecule has 10 heteroatoms. The van der Waals surface area contributed by atoms with Crippen molar-refractivity contribution < 1.29 is 5.11 Å². The molecule has 0 saturated carbocycles. The van der Waals surface area contributed by atoms with Gasteiger partial charge in [0.25, 0.3) is 5.56 Å². The number of H-pyrrole nitrogens is 1. The fourth-order valence-electron chi connectivity index (χ4n) is 2.32. The van der Waals surface area contributed by atoms with Crippen molar-refractivity contribution in [2.45, 2.75) is 23.1 Å². The number of aliphatic hydroxyl groups is 1. The van der Waals surface area contributed by atoms with Crippen LogP contribution in [0, 0.1) is 0 Å². The van der Waals surface area contributed by atoms with E-state index in [0.717, 1.165) is 0 Å². The van der Waals surface area contributed by atoms with E-state index in [9.17, 15) is 9.90 Å². The van der Waals surface area contributed by atoms with Crippen molar-refractivity contribution in [3.05, 3.63) is 33.5 Å². The van der Waals surface area contributed by atoms with E-state index in [4.69, 9.17) is 5.53 Å². The van der Waals surface area contributed by atoms with Crippen molar-refractivity contribution in [2.75, 3.05) is 6.61 Å². The number of nitrogens with one attached hydrogen (secondary N) is 1. The minimum Gasteiger partial charge on any atom is -0.395 e. The number of azide groups is 1. The molecule has 2 aromatic heterocycles. The Kier molecular flexibility index (Phi) is 3.35. The maximum atomic E-state index is 11.6. The SMILES string of the molecule is [N-]=[N+]=N[C@@H]1C[C@@H](CO)S[C@H]1n1cnc2c(=O)[nH]cnc21. The number of imidazole rings is 1. The summed E-state index contributed by atoms with van der Waals surface area (Å²) in [6, 6.07) is -0.305. The van der Waals surface area contributed by atoms with Gasteiger partial charge in [0.05, 0.1) is 30.7 Å². The number of rotatable bonds is 3. The first kappa shape index (κ1) is 13.0. The molecule has 2 N–H and O–H groups in total. The molecule has 1 saturated heterocycles. The Bertz CT molecular complexity index is 735. The molecule has 2 aromatic rings. The summed E-state index contributed by atoms with van der Waals surface area (Å²) in [7, 11) is 0. The van der Waals surface area contributed by atoms with Crippen LogP contribution in [0.25, 0.3) is 21.6 Å². The summed E-state index contributed by atoms with van der Waals surface area (Å²) < 4.78 is 1.73. The Morgan fingerprint density at radius 2 is 2.50 bits per heavy atom. The van der Waals surface area contributed by atoms with Gasteiger partial charge in [-0.05, 0) is 12.0 Å². The molecule has 20 heavy (non-hydrogen) atoms. The molecule has 3 rings (SSSR count). The zero-order valence-corrected chi connectivity index (χ0v) is 11.1. The van der Waals surface area contributed by atoms with Gasteiger partial charge >= 0.3 is 0 Å². The van der Waals surface area contributed by atoms with E-state index >= 15 is 0 Å². The predicted octanol–water partition coefficient (Wildman–Crippen LogP) is 0.795. The van der Waals surface area contributed by atoms with Crippen molar-refractivity contribution in [3.8, 4) is 0 Å². The molecule has 0 bridgehead atoms. The van der Waals surface area contributed by atoms with Gasteiger partial charge in [0.15, 0.2) is 11.2 Å². The number of hydrogen-bond acceptors (Lipinski definition) is 6. The molecule has 0 amide bonds. The summed E-state index contributed by atoms with van der Waals surface area (Å²) in [5.74, 6) is 0. The maximum absolute atomic E-state index is 11.6. The normalized spacial score (nSPS) is 25.8. The third-order valence-electron chi connectivity index (χ3n) is 3.21. The first-order valence-corrected chi connectivity index (χ1v) is 6.89. The molecule has 104 valence electrons. The van der Waals surface area contributed by atoms with Gasteiger partial charge in [-0.25, -0.2) is 9.97 Å². The van der Waals surface area contributed by atoms with Gasteiger partial charge in [0, 0.05) is 10.2 Å². The van der Waals surface area contributed by atoms with Crippen LogP contribution in [-0.4, -0.2) is 42.5 Å². The molecule has 0 radical (unpaired) electrons. The fourth-order valence-corrected chi connectivity index (χ4v) is 3.74. The van der Waals surface area contributed by atoms with Crippen LogP contribution in [-0.2, 0) is 0 Å². The molecule has 0 spiro atoms. The zero-order valence-electron chi connectivity index (χ0n) is 10.2. The highest BCUT2D eigenvalue weighted by Crippen LogP contribution is 2.44. The molecule has 1 fully saturated rings. The summed E-state index contributed by atoms with van der Waals surface area (Å²) >= 11 is 1.49. The highest BCUT2D eigenvalue weighted by Gasteiger charge is 2.36. The lowest BCUT2D eigenvalue weighted by Gasteiger charge is -2.16. The van der Waals surface area contributed by atoms with Crippen LogP contribution in [0.4, 0.5) is 0 Å². The number of thioether (sulfide) groups is 1. The van der Waals surface area contributed by atoms with Gasteiger partial charge in [0.2, 0.25) is 0 Å². The first-order valence-electron chi connectivity index (χ1n) is 5.95. The third kappa shape index (κ3) is 2.03. The molecule has 1 aliphatic heterocycles. The van der Waals surface area contributed by atoms with E-state index in [1.54, 1.807) is 4.57 Å². The van der Waals surface area contributed by atoms with Crippen LogP contribution in [0.1, 0.15) is 11.8 Å². The van der Waals surface area contributed by atoms with Gasteiger partial charge in [-0.1, -0.05) is 5.11 Å². The van der Waals surface area contributed by atoms with Crippen molar-refractivity contribution in [1.29, 1.82) is 0 Å². The molecular formula is C10H11N7O2S. The Labute approximate surface area is 116 Å². The number of aliphatic hydroxyl groups excluding tert-OH is 1. The van der Waals surface area contributed by atoms with Crippen LogP contribution >= 0.6 is 11.8 Å².